The molecule has 1 amide bonds. The first-order chi connectivity index (χ1) is 13.3. The quantitative estimate of drug-likeness (QED) is 0.622. The van der Waals surface area contributed by atoms with Crippen LogP contribution in [-0.4, -0.2) is 37.1 Å². The van der Waals surface area contributed by atoms with Gasteiger partial charge in [0.05, 0.1) is 19.2 Å². The van der Waals surface area contributed by atoms with Crippen molar-refractivity contribution in [3.8, 4) is 6.07 Å². The number of rotatable bonds is 7. The molecule has 28 heavy (non-hydrogen) atoms. The summed E-state index contributed by atoms with van der Waals surface area (Å²) in [7, 11) is 1.52. The standard InChI is InChI=1S/C19H25N5O4/c1-4-11-22-16(26)23(12-5-2)18(28)24(17(22)27)13-15(25)21(3)19(14-20)9-7-6-8-10-19/h4-5H,1-2,6-13H2,3H3. The van der Waals surface area contributed by atoms with Crippen molar-refractivity contribution in [1.82, 2.24) is 18.6 Å². The van der Waals surface area contributed by atoms with E-state index in [9.17, 15) is 24.4 Å². The van der Waals surface area contributed by atoms with Gasteiger partial charge in [0.2, 0.25) is 5.91 Å². The fourth-order valence-electron chi connectivity index (χ4n) is 3.53. The Labute approximate surface area is 162 Å². The zero-order chi connectivity index (χ0) is 20.9. The lowest BCUT2D eigenvalue weighted by Crippen LogP contribution is -2.57. The smallest absolute Gasteiger partial charge is 0.325 e. The van der Waals surface area contributed by atoms with Gasteiger partial charge in [-0.1, -0.05) is 31.4 Å². The molecule has 1 aromatic rings. The van der Waals surface area contributed by atoms with Crippen LogP contribution in [0.1, 0.15) is 32.1 Å². The van der Waals surface area contributed by atoms with E-state index in [1.165, 1.54) is 24.1 Å². The summed E-state index contributed by atoms with van der Waals surface area (Å²) >= 11 is 0. The van der Waals surface area contributed by atoms with Crippen molar-refractivity contribution in [1.29, 1.82) is 5.26 Å². The molecule has 0 radical (unpaired) electrons. The van der Waals surface area contributed by atoms with Crippen molar-refractivity contribution >= 4 is 5.91 Å². The van der Waals surface area contributed by atoms with Gasteiger partial charge in [0.15, 0.2) is 0 Å². The van der Waals surface area contributed by atoms with E-state index in [4.69, 9.17) is 0 Å². The summed E-state index contributed by atoms with van der Waals surface area (Å²) in [4.78, 5) is 51.8. The van der Waals surface area contributed by atoms with Crippen molar-refractivity contribution in [2.75, 3.05) is 7.05 Å². The molecule has 1 aliphatic carbocycles. The van der Waals surface area contributed by atoms with Crippen LogP contribution in [0.4, 0.5) is 0 Å². The van der Waals surface area contributed by atoms with E-state index in [1.807, 2.05) is 0 Å². The number of likely N-dealkylation sites (N-methyl/N-ethyl adjacent to an activating group) is 1. The molecule has 0 N–H and O–H groups in total. The van der Waals surface area contributed by atoms with E-state index < -0.39 is 35.1 Å². The average molecular weight is 387 g/mol. The van der Waals surface area contributed by atoms with Crippen LogP contribution in [0, 0.1) is 11.3 Å². The Kier molecular flexibility index (Phi) is 6.57. The topological polar surface area (TPSA) is 110 Å². The summed E-state index contributed by atoms with van der Waals surface area (Å²) < 4.78 is 2.40. The van der Waals surface area contributed by atoms with Crippen LogP contribution in [0.25, 0.3) is 0 Å². The highest BCUT2D eigenvalue weighted by molar-refractivity contribution is 5.77. The van der Waals surface area contributed by atoms with Crippen molar-refractivity contribution < 1.29 is 4.79 Å². The maximum Gasteiger partial charge on any atom is 0.337 e. The number of carbonyl (C=O) groups is 1. The monoisotopic (exact) mass is 387 g/mol. The van der Waals surface area contributed by atoms with Crippen molar-refractivity contribution in [3.63, 3.8) is 0 Å². The Morgan fingerprint density at radius 1 is 1.04 bits per heavy atom. The number of hydrogen-bond acceptors (Lipinski definition) is 5. The van der Waals surface area contributed by atoms with Crippen LogP contribution in [-0.2, 0) is 24.4 Å². The molecule has 1 heterocycles. The molecule has 0 atom stereocenters. The maximum atomic E-state index is 12.8. The molecule has 0 spiro atoms. The lowest BCUT2D eigenvalue weighted by atomic mass is 9.81. The summed E-state index contributed by atoms with van der Waals surface area (Å²) in [5.74, 6) is -0.531. The van der Waals surface area contributed by atoms with Gasteiger partial charge in [-0.15, -0.1) is 13.2 Å². The predicted octanol–water partition coefficient (Wildman–Crippen LogP) is 0.229. The van der Waals surface area contributed by atoms with E-state index in [0.29, 0.717) is 12.8 Å². The highest BCUT2D eigenvalue weighted by atomic mass is 16.2. The molecule has 0 saturated heterocycles. The van der Waals surface area contributed by atoms with Crippen LogP contribution in [0.5, 0.6) is 0 Å². The Balaban J connectivity index is 2.49. The highest BCUT2D eigenvalue weighted by Gasteiger charge is 2.39. The lowest BCUT2D eigenvalue weighted by molar-refractivity contribution is -0.135. The van der Waals surface area contributed by atoms with Gasteiger partial charge in [-0.05, 0) is 12.8 Å². The second-order valence-electron chi connectivity index (χ2n) is 6.89. The van der Waals surface area contributed by atoms with Crippen LogP contribution < -0.4 is 17.1 Å². The van der Waals surface area contributed by atoms with E-state index in [2.05, 4.69) is 19.2 Å². The molecule has 1 saturated carbocycles. The Hall–Kier alpha value is -3.15. The molecule has 0 unspecified atom stereocenters. The Morgan fingerprint density at radius 3 is 1.93 bits per heavy atom. The second kappa shape index (κ2) is 8.69. The molecule has 1 fully saturated rings. The summed E-state index contributed by atoms with van der Waals surface area (Å²) in [5.41, 5.74) is -3.49. The summed E-state index contributed by atoms with van der Waals surface area (Å²) in [6.07, 6.45) is 6.49. The second-order valence-corrected chi connectivity index (χ2v) is 6.89. The maximum absolute atomic E-state index is 12.8. The molecular formula is C19H25N5O4. The zero-order valence-corrected chi connectivity index (χ0v) is 16.1. The molecule has 9 nitrogen and oxygen atoms in total. The predicted molar refractivity (Wildman–Crippen MR) is 104 cm³/mol. The molecule has 1 aromatic heterocycles. The third-order valence-electron chi connectivity index (χ3n) is 5.21. The molecule has 0 bridgehead atoms. The lowest BCUT2D eigenvalue weighted by Gasteiger charge is -2.39. The van der Waals surface area contributed by atoms with Crippen LogP contribution >= 0.6 is 0 Å². The Morgan fingerprint density at radius 2 is 1.50 bits per heavy atom. The summed E-state index contributed by atoms with van der Waals surface area (Å²) in [6.45, 7) is 6.28. The largest absolute Gasteiger partial charge is 0.337 e. The van der Waals surface area contributed by atoms with Crippen molar-refractivity contribution in [2.45, 2.75) is 57.3 Å². The summed E-state index contributed by atoms with van der Waals surface area (Å²) in [6, 6.07) is 2.24. The van der Waals surface area contributed by atoms with Crippen LogP contribution in [0.3, 0.4) is 0 Å². The molecule has 150 valence electrons. The van der Waals surface area contributed by atoms with Gasteiger partial charge in [-0.25, -0.2) is 28.1 Å². The van der Waals surface area contributed by atoms with Gasteiger partial charge in [-0.3, -0.25) is 4.79 Å². The third kappa shape index (κ3) is 3.76. The van der Waals surface area contributed by atoms with Crippen LogP contribution in [0.2, 0.25) is 0 Å². The first kappa shape index (κ1) is 21.2. The molecule has 2 rings (SSSR count). The fourth-order valence-corrected chi connectivity index (χ4v) is 3.53. The minimum atomic E-state index is -0.936. The fraction of sp³-hybridized carbons (Fsp3) is 0.526. The van der Waals surface area contributed by atoms with Gasteiger partial charge < -0.3 is 4.90 Å². The zero-order valence-electron chi connectivity index (χ0n) is 16.1. The summed E-state index contributed by atoms with van der Waals surface area (Å²) in [5, 5.41) is 9.65. The van der Waals surface area contributed by atoms with Gasteiger partial charge in [0.1, 0.15) is 12.1 Å². The van der Waals surface area contributed by atoms with Gasteiger partial charge in [-0.2, -0.15) is 5.26 Å². The third-order valence-corrected chi connectivity index (χ3v) is 5.21. The molecule has 0 aromatic carbocycles. The highest BCUT2D eigenvalue weighted by Crippen LogP contribution is 2.32. The van der Waals surface area contributed by atoms with Gasteiger partial charge >= 0.3 is 17.1 Å². The van der Waals surface area contributed by atoms with Crippen molar-refractivity contribution in [2.24, 2.45) is 0 Å². The molecular weight excluding hydrogens is 362 g/mol. The average Bonchev–Trinajstić information content (AvgIpc) is 2.71. The number of nitriles is 1. The number of nitrogens with zero attached hydrogens (tertiary/aromatic N) is 5. The number of allylic oxidation sites excluding steroid dienone is 2. The first-order valence-electron chi connectivity index (χ1n) is 9.17. The normalized spacial score (nSPS) is 15.4. The van der Waals surface area contributed by atoms with Gasteiger partial charge in [0.25, 0.3) is 0 Å². The van der Waals surface area contributed by atoms with E-state index in [-0.39, 0.29) is 13.1 Å². The number of aromatic nitrogens is 3. The first-order valence-corrected chi connectivity index (χ1v) is 9.17. The minimum Gasteiger partial charge on any atom is -0.325 e. The van der Waals surface area contributed by atoms with E-state index in [0.717, 1.165) is 33.0 Å². The van der Waals surface area contributed by atoms with Crippen molar-refractivity contribution in [3.05, 3.63) is 56.8 Å². The Bertz CT molecular complexity index is 937. The SMILES string of the molecule is C=CCn1c(=O)n(CC=C)c(=O)n(CC(=O)N(C)C2(C#N)CCCCC2)c1=O. The van der Waals surface area contributed by atoms with Crippen LogP contribution in [0.15, 0.2) is 39.7 Å². The number of amides is 1. The number of hydrogen-bond donors (Lipinski definition) is 0. The molecule has 1 aliphatic rings. The minimum absolute atomic E-state index is 0.0960. The molecule has 0 aliphatic heterocycles. The van der Waals surface area contributed by atoms with E-state index in [1.54, 1.807) is 0 Å². The number of carbonyl (C=O) groups excluding carboxylic acids is 1. The van der Waals surface area contributed by atoms with E-state index >= 15 is 0 Å². The van der Waals surface area contributed by atoms with Gasteiger partial charge in [0, 0.05) is 7.05 Å². The molecule has 9 heteroatoms.